The number of ether oxygens (including phenoxy) is 2. The van der Waals surface area contributed by atoms with Crippen LogP contribution in [0.5, 0.6) is 17.2 Å². The predicted molar refractivity (Wildman–Crippen MR) is 149 cm³/mol. The quantitative estimate of drug-likeness (QED) is 0.296. The number of hydrogen-bond donors (Lipinski definition) is 1. The van der Waals surface area contributed by atoms with Gasteiger partial charge >= 0.3 is 0 Å². The van der Waals surface area contributed by atoms with Gasteiger partial charge < -0.3 is 19.4 Å². The van der Waals surface area contributed by atoms with E-state index in [0.29, 0.717) is 41.1 Å². The molecule has 0 radical (unpaired) electrons. The standard InChI is InChI=1S/C30H31ClFN3O3/c1-34-18-21(24-17-23(32)11-12-26(24)34)19-35-14-6-2-3-7-15-37-28-8-4-5-9-29(28)38-27-13-10-22(31)16-25(27)33-30(36)20-35/h4-5,8-13,16-18H,2-3,6-7,14-15,19-20H2,1H3,(H,33,36). The summed E-state index contributed by atoms with van der Waals surface area (Å²) in [5.41, 5.74) is 2.43. The third kappa shape index (κ3) is 6.29. The molecule has 38 heavy (non-hydrogen) atoms. The van der Waals surface area contributed by atoms with Gasteiger partial charge in [0.2, 0.25) is 5.91 Å². The lowest BCUT2D eigenvalue weighted by Crippen LogP contribution is -2.33. The van der Waals surface area contributed by atoms with Gasteiger partial charge in [0.15, 0.2) is 17.2 Å². The van der Waals surface area contributed by atoms with Crippen LogP contribution in [0.15, 0.2) is 66.9 Å². The van der Waals surface area contributed by atoms with Crippen molar-refractivity contribution in [1.29, 1.82) is 0 Å². The average molecular weight is 536 g/mol. The van der Waals surface area contributed by atoms with Crippen LogP contribution in [0.3, 0.4) is 0 Å². The van der Waals surface area contributed by atoms with Crippen LogP contribution in [0.4, 0.5) is 10.1 Å². The van der Waals surface area contributed by atoms with Crippen LogP contribution in [0.25, 0.3) is 10.9 Å². The second-order valence-corrected chi connectivity index (χ2v) is 10.1. The molecule has 1 amide bonds. The van der Waals surface area contributed by atoms with Gasteiger partial charge in [-0.25, -0.2) is 4.39 Å². The van der Waals surface area contributed by atoms with Crippen molar-refractivity contribution in [2.45, 2.75) is 32.2 Å². The molecular weight excluding hydrogens is 505 g/mol. The second-order valence-electron chi connectivity index (χ2n) is 9.64. The first-order valence-corrected chi connectivity index (χ1v) is 13.3. The summed E-state index contributed by atoms with van der Waals surface area (Å²) in [6, 6.07) is 17.5. The Kier molecular flexibility index (Phi) is 8.15. The Morgan fingerprint density at radius 2 is 1.79 bits per heavy atom. The second kappa shape index (κ2) is 11.9. The third-order valence-corrected chi connectivity index (χ3v) is 6.94. The van der Waals surface area contributed by atoms with Crippen molar-refractivity contribution in [1.82, 2.24) is 9.47 Å². The van der Waals surface area contributed by atoms with Crippen molar-refractivity contribution >= 4 is 34.1 Å². The van der Waals surface area contributed by atoms with E-state index in [4.69, 9.17) is 21.1 Å². The van der Waals surface area contributed by atoms with Gasteiger partial charge in [-0.15, -0.1) is 0 Å². The van der Waals surface area contributed by atoms with E-state index in [1.54, 1.807) is 30.3 Å². The molecule has 0 saturated carbocycles. The van der Waals surface area contributed by atoms with Gasteiger partial charge in [0, 0.05) is 35.7 Å². The highest BCUT2D eigenvalue weighted by atomic mass is 35.5. The van der Waals surface area contributed by atoms with E-state index in [2.05, 4.69) is 10.2 Å². The molecule has 8 heteroatoms. The number of anilines is 1. The fraction of sp³-hybridized carbons (Fsp3) is 0.300. The first kappa shape index (κ1) is 26.1. The van der Waals surface area contributed by atoms with Gasteiger partial charge in [0.25, 0.3) is 0 Å². The Morgan fingerprint density at radius 1 is 0.974 bits per heavy atom. The monoisotopic (exact) mass is 535 g/mol. The maximum Gasteiger partial charge on any atom is 0.238 e. The third-order valence-electron chi connectivity index (χ3n) is 6.71. The minimum atomic E-state index is -0.270. The Bertz CT molecular complexity index is 1440. The first-order chi connectivity index (χ1) is 18.5. The highest BCUT2D eigenvalue weighted by Crippen LogP contribution is 2.36. The number of fused-ring (bicyclic) bond motifs is 3. The molecule has 5 rings (SSSR count). The molecule has 1 aliphatic heterocycles. The van der Waals surface area contributed by atoms with E-state index < -0.39 is 0 Å². The van der Waals surface area contributed by atoms with Crippen LogP contribution < -0.4 is 14.8 Å². The zero-order chi connectivity index (χ0) is 26.5. The summed E-state index contributed by atoms with van der Waals surface area (Å²) in [4.78, 5) is 15.4. The number of aryl methyl sites for hydroxylation is 1. The smallest absolute Gasteiger partial charge is 0.238 e. The summed E-state index contributed by atoms with van der Waals surface area (Å²) in [5.74, 6) is 1.25. The molecule has 1 N–H and O–H groups in total. The maximum atomic E-state index is 14.0. The van der Waals surface area contributed by atoms with Crippen LogP contribution in [-0.4, -0.2) is 35.1 Å². The van der Waals surface area contributed by atoms with Crippen molar-refractivity contribution in [3.63, 3.8) is 0 Å². The Balaban J connectivity index is 1.41. The fourth-order valence-corrected chi connectivity index (χ4v) is 5.03. The van der Waals surface area contributed by atoms with Gasteiger partial charge in [0.1, 0.15) is 5.82 Å². The van der Waals surface area contributed by atoms with Crippen molar-refractivity contribution in [2.75, 3.05) is 25.0 Å². The van der Waals surface area contributed by atoms with Crippen molar-refractivity contribution in [3.8, 4) is 17.2 Å². The van der Waals surface area contributed by atoms with Crippen molar-refractivity contribution in [3.05, 3.63) is 83.3 Å². The molecule has 4 aromatic rings. The minimum Gasteiger partial charge on any atom is -0.490 e. The van der Waals surface area contributed by atoms with Crippen LogP contribution in [0, 0.1) is 5.82 Å². The predicted octanol–water partition coefficient (Wildman–Crippen LogP) is 7.16. The lowest BCUT2D eigenvalue weighted by atomic mass is 10.1. The summed E-state index contributed by atoms with van der Waals surface area (Å²) in [6.45, 7) is 2.04. The van der Waals surface area contributed by atoms with Gasteiger partial charge in [-0.1, -0.05) is 36.6 Å². The van der Waals surface area contributed by atoms with E-state index in [1.807, 2.05) is 42.1 Å². The highest BCUT2D eigenvalue weighted by Gasteiger charge is 2.18. The lowest BCUT2D eigenvalue weighted by Gasteiger charge is -2.22. The SMILES string of the molecule is Cn1cc(CN2CCCCCCOc3ccccc3Oc3ccc(Cl)cc3NC(=O)C2)c2cc(F)ccc21. The highest BCUT2D eigenvalue weighted by molar-refractivity contribution is 6.31. The molecule has 0 aliphatic carbocycles. The van der Waals surface area contributed by atoms with Gasteiger partial charge in [-0.3, -0.25) is 9.69 Å². The first-order valence-electron chi connectivity index (χ1n) is 12.9. The molecule has 1 aliphatic rings. The molecule has 1 aromatic heterocycles. The number of para-hydroxylation sites is 2. The summed E-state index contributed by atoms with van der Waals surface area (Å²) in [5, 5.41) is 4.33. The normalized spacial score (nSPS) is 15.7. The molecule has 0 fully saturated rings. The number of aromatic nitrogens is 1. The van der Waals surface area contributed by atoms with Crippen LogP contribution in [0.2, 0.25) is 5.02 Å². The summed E-state index contributed by atoms with van der Waals surface area (Å²) < 4.78 is 28.2. The average Bonchev–Trinajstić information content (AvgIpc) is 3.19. The molecule has 0 saturated heterocycles. The number of amides is 1. The Hall–Kier alpha value is -3.55. The molecule has 0 unspecified atom stereocenters. The van der Waals surface area contributed by atoms with Crippen LogP contribution >= 0.6 is 11.6 Å². The van der Waals surface area contributed by atoms with Crippen LogP contribution in [0.1, 0.15) is 31.2 Å². The molecule has 0 atom stereocenters. The number of nitrogens with zero attached hydrogens (tertiary/aromatic N) is 2. The zero-order valence-corrected chi connectivity index (χ0v) is 22.1. The number of hydrogen-bond acceptors (Lipinski definition) is 4. The van der Waals surface area contributed by atoms with E-state index in [1.165, 1.54) is 6.07 Å². The number of rotatable bonds is 2. The zero-order valence-electron chi connectivity index (χ0n) is 21.4. The molecule has 3 aromatic carbocycles. The van der Waals surface area contributed by atoms with Gasteiger partial charge in [-0.05, 0) is 73.5 Å². The van der Waals surface area contributed by atoms with Gasteiger partial charge in [-0.2, -0.15) is 0 Å². The molecule has 6 nitrogen and oxygen atoms in total. The van der Waals surface area contributed by atoms with E-state index in [-0.39, 0.29) is 18.3 Å². The number of nitrogens with one attached hydrogen (secondary N) is 1. The fourth-order valence-electron chi connectivity index (χ4n) is 4.85. The molecule has 0 bridgehead atoms. The lowest BCUT2D eigenvalue weighted by molar-refractivity contribution is -0.117. The number of carbonyl (C=O) groups is 1. The molecule has 198 valence electrons. The number of benzene rings is 3. The Labute approximate surface area is 226 Å². The van der Waals surface area contributed by atoms with E-state index in [9.17, 15) is 9.18 Å². The maximum absolute atomic E-state index is 14.0. The van der Waals surface area contributed by atoms with Gasteiger partial charge in [0.05, 0.1) is 18.8 Å². The van der Waals surface area contributed by atoms with Crippen molar-refractivity contribution < 1.29 is 18.7 Å². The summed E-state index contributed by atoms with van der Waals surface area (Å²) >= 11 is 6.27. The molecular formula is C30H31ClFN3O3. The summed E-state index contributed by atoms with van der Waals surface area (Å²) in [7, 11) is 1.95. The largest absolute Gasteiger partial charge is 0.490 e. The van der Waals surface area contributed by atoms with Crippen LogP contribution in [-0.2, 0) is 18.4 Å². The molecule has 2 heterocycles. The topological polar surface area (TPSA) is 55.7 Å². The minimum absolute atomic E-state index is 0.178. The van der Waals surface area contributed by atoms with E-state index in [0.717, 1.165) is 48.7 Å². The van der Waals surface area contributed by atoms with Crippen molar-refractivity contribution in [2.24, 2.45) is 7.05 Å². The number of halogens is 2. The van der Waals surface area contributed by atoms with E-state index >= 15 is 0 Å². The Morgan fingerprint density at radius 3 is 2.66 bits per heavy atom. The summed E-state index contributed by atoms with van der Waals surface area (Å²) in [6.07, 6.45) is 5.91. The molecule has 0 spiro atoms. The number of carbonyl (C=O) groups excluding carboxylic acids is 1.